The number of carbonyl (C=O) groups is 2. The average Bonchev–Trinajstić information content (AvgIpc) is 2.69. The SMILES string of the molecule is CCc1ccc(S(=O)(=O)Nc2ccc(O)c(C(C(=O)OC(C)C)C(=O)C(F)(F)F)c2)cc1. The molecular weight excluding hydrogens is 451 g/mol. The standard InChI is InChI=1S/C21H22F3NO6S/c1-4-13-5-8-15(9-6-13)32(29,30)25-14-7-10-17(26)16(11-14)18(19(27)21(22,23)24)20(28)31-12(2)3/h5-12,18,25-26H,4H2,1-3H3. The monoisotopic (exact) mass is 473 g/mol. The Balaban J connectivity index is 2.48. The summed E-state index contributed by atoms with van der Waals surface area (Å²) in [7, 11) is -4.14. The number of rotatable bonds is 8. The van der Waals surface area contributed by atoms with Gasteiger partial charge in [0.15, 0.2) is 5.92 Å². The summed E-state index contributed by atoms with van der Waals surface area (Å²) in [5, 5.41) is 10.1. The number of esters is 1. The maximum Gasteiger partial charge on any atom is 0.451 e. The van der Waals surface area contributed by atoms with E-state index in [1.54, 1.807) is 12.1 Å². The fourth-order valence-corrected chi connectivity index (χ4v) is 3.86. The average molecular weight is 473 g/mol. The Kier molecular flexibility index (Phi) is 7.55. The van der Waals surface area contributed by atoms with Crippen LogP contribution in [0, 0.1) is 0 Å². The molecule has 1 unspecified atom stereocenters. The second-order valence-corrected chi connectivity index (χ2v) is 8.84. The molecule has 0 bridgehead atoms. The van der Waals surface area contributed by atoms with Gasteiger partial charge < -0.3 is 9.84 Å². The Morgan fingerprint density at radius 2 is 1.69 bits per heavy atom. The first kappa shape index (κ1) is 25.2. The zero-order valence-corrected chi connectivity index (χ0v) is 18.3. The largest absolute Gasteiger partial charge is 0.508 e. The Morgan fingerprint density at radius 3 is 2.19 bits per heavy atom. The predicted molar refractivity (Wildman–Crippen MR) is 110 cm³/mol. The molecule has 0 fully saturated rings. The van der Waals surface area contributed by atoms with E-state index in [9.17, 15) is 36.3 Å². The first-order valence-corrected chi connectivity index (χ1v) is 11.0. The van der Waals surface area contributed by atoms with E-state index in [0.717, 1.165) is 23.8 Å². The van der Waals surface area contributed by atoms with Crippen LogP contribution in [-0.2, 0) is 30.8 Å². The van der Waals surface area contributed by atoms with E-state index in [2.05, 4.69) is 4.72 Å². The molecular formula is C21H22F3NO6S. The summed E-state index contributed by atoms with van der Waals surface area (Å²) in [5.41, 5.74) is -0.0952. The van der Waals surface area contributed by atoms with Gasteiger partial charge >= 0.3 is 12.1 Å². The second kappa shape index (κ2) is 9.60. The van der Waals surface area contributed by atoms with Crippen LogP contribution in [0.4, 0.5) is 18.9 Å². The van der Waals surface area contributed by atoms with Gasteiger partial charge in [-0.3, -0.25) is 14.3 Å². The Labute approximate surface area is 183 Å². The highest BCUT2D eigenvalue weighted by Crippen LogP contribution is 2.35. The molecule has 0 heterocycles. The molecule has 2 N–H and O–H groups in total. The van der Waals surface area contributed by atoms with E-state index in [-0.39, 0.29) is 10.6 Å². The smallest absolute Gasteiger partial charge is 0.451 e. The number of phenolic OH excluding ortho intramolecular Hbond substituents is 1. The van der Waals surface area contributed by atoms with Crippen LogP contribution in [0.25, 0.3) is 0 Å². The number of aromatic hydroxyl groups is 1. The molecule has 7 nitrogen and oxygen atoms in total. The molecule has 11 heteroatoms. The molecule has 0 aliphatic heterocycles. The fraction of sp³-hybridized carbons (Fsp3) is 0.333. The highest BCUT2D eigenvalue weighted by Gasteiger charge is 2.48. The van der Waals surface area contributed by atoms with Gasteiger partial charge in [-0.05, 0) is 56.2 Å². The van der Waals surface area contributed by atoms with Crippen LogP contribution in [-0.4, -0.2) is 37.6 Å². The van der Waals surface area contributed by atoms with E-state index in [1.165, 1.54) is 26.0 Å². The van der Waals surface area contributed by atoms with Crippen molar-refractivity contribution >= 4 is 27.5 Å². The number of carbonyl (C=O) groups excluding carboxylic acids is 2. The Morgan fingerprint density at radius 1 is 1.09 bits per heavy atom. The number of aryl methyl sites for hydroxylation is 1. The lowest BCUT2D eigenvalue weighted by atomic mass is 9.93. The highest BCUT2D eigenvalue weighted by molar-refractivity contribution is 7.92. The number of Topliss-reactive ketones (excluding diaryl/α,β-unsaturated/α-hetero) is 1. The van der Waals surface area contributed by atoms with E-state index in [4.69, 9.17) is 4.74 Å². The molecule has 1 atom stereocenters. The van der Waals surface area contributed by atoms with Gasteiger partial charge in [0, 0.05) is 11.3 Å². The number of benzene rings is 2. The molecule has 0 spiro atoms. The molecule has 0 aliphatic carbocycles. The van der Waals surface area contributed by atoms with Gasteiger partial charge in [0.25, 0.3) is 15.8 Å². The number of hydrogen-bond donors (Lipinski definition) is 2. The van der Waals surface area contributed by atoms with Crippen LogP contribution < -0.4 is 4.72 Å². The second-order valence-electron chi connectivity index (χ2n) is 7.16. The minimum absolute atomic E-state index is 0.105. The van der Waals surface area contributed by atoms with Gasteiger partial charge in [-0.2, -0.15) is 13.2 Å². The van der Waals surface area contributed by atoms with E-state index in [0.29, 0.717) is 6.42 Å². The summed E-state index contributed by atoms with van der Waals surface area (Å²) < 4.78 is 71.5. The number of anilines is 1. The van der Waals surface area contributed by atoms with Crippen LogP contribution in [0.15, 0.2) is 47.4 Å². The first-order valence-electron chi connectivity index (χ1n) is 9.52. The lowest BCUT2D eigenvalue weighted by Crippen LogP contribution is -2.35. The topological polar surface area (TPSA) is 110 Å². The number of nitrogens with one attached hydrogen (secondary N) is 1. The normalized spacial score (nSPS) is 13.0. The van der Waals surface area contributed by atoms with Crippen molar-refractivity contribution in [3.8, 4) is 5.75 Å². The van der Waals surface area contributed by atoms with Gasteiger partial charge in [-0.15, -0.1) is 0 Å². The number of halogens is 3. The highest BCUT2D eigenvalue weighted by atomic mass is 32.2. The van der Waals surface area contributed by atoms with Gasteiger partial charge in [-0.1, -0.05) is 19.1 Å². The van der Waals surface area contributed by atoms with Crippen molar-refractivity contribution < 1.29 is 41.0 Å². The minimum atomic E-state index is -5.40. The Hall–Kier alpha value is -3.08. The molecule has 0 radical (unpaired) electrons. The molecule has 2 aromatic carbocycles. The number of ether oxygens (including phenoxy) is 1. The maximum absolute atomic E-state index is 13.1. The quantitative estimate of drug-likeness (QED) is 0.342. The third-order valence-electron chi connectivity index (χ3n) is 4.36. The number of alkyl halides is 3. The van der Waals surface area contributed by atoms with Gasteiger partial charge in [0.2, 0.25) is 0 Å². The van der Waals surface area contributed by atoms with Crippen molar-refractivity contribution in [3.05, 3.63) is 53.6 Å². The summed E-state index contributed by atoms with van der Waals surface area (Å²) in [5.74, 6) is -7.30. The van der Waals surface area contributed by atoms with Crippen LogP contribution in [0.5, 0.6) is 5.75 Å². The van der Waals surface area contributed by atoms with Crippen LogP contribution in [0.2, 0.25) is 0 Å². The van der Waals surface area contributed by atoms with Gasteiger partial charge in [-0.25, -0.2) is 8.42 Å². The molecule has 0 amide bonds. The Bertz CT molecular complexity index is 1100. The zero-order chi connectivity index (χ0) is 24.3. The minimum Gasteiger partial charge on any atom is -0.508 e. The van der Waals surface area contributed by atoms with Crippen LogP contribution in [0.1, 0.15) is 37.8 Å². The van der Waals surface area contributed by atoms with Gasteiger partial charge in [0.1, 0.15) is 5.75 Å². The number of hydrogen-bond acceptors (Lipinski definition) is 6. The summed E-state index contributed by atoms with van der Waals surface area (Å²) in [6, 6.07) is 8.69. The van der Waals surface area contributed by atoms with Gasteiger partial charge in [0.05, 0.1) is 11.0 Å². The van der Waals surface area contributed by atoms with Crippen molar-refractivity contribution in [2.45, 2.75) is 50.3 Å². The third-order valence-corrected chi connectivity index (χ3v) is 5.76. The third kappa shape index (κ3) is 6.00. The molecule has 2 rings (SSSR count). The molecule has 174 valence electrons. The fourth-order valence-electron chi connectivity index (χ4n) is 2.81. The predicted octanol–water partition coefficient (Wildman–Crippen LogP) is 3.92. The zero-order valence-electron chi connectivity index (χ0n) is 17.4. The lowest BCUT2D eigenvalue weighted by molar-refractivity contribution is -0.178. The maximum atomic E-state index is 13.1. The number of sulfonamides is 1. The molecule has 32 heavy (non-hydrogen) atoms. The summed E-state index contributed by atoms with van der Waals surface area (Å²) >= 11 is 0. The van der Waals surface area contributed by atoms with Crippen molar-refractivity contribution in [2.24, 2.45) is 0 Å². The summed E-state index contributed by atoms with van der Waals surface area (Å²) in [6.45, 7) is 4.64. The number of ketones is 1. The molecule has 0 aliphatic rings. The van der Waals surface area contributed by atoms with Crippen molar-refractivity contribution in [3.63, 3.8) is 0 Å². The lowest BCUT2D eigenvalue weighted by Gasteiger charge is -2.20. The van der Waals surface area contributed by atoms with E-state index < -0.39 is 51.3 Å². The van der Waals surface area contributed by atoms with Crippen molar-refractivity contribution in [1.29, 1.82) is 0 Å². The summed E-state index contributed by atoms with van der Waals surface area (Å²) in [4.78, 5) is 24.1. The van der Waals surface area contributed by atoms with Crippen molar-refractivity contribution in [2.75, 3.05) is 4.72 Å². The number of phenols is 1. The molecule has 0 saturated carbocycles. The van der Waals surface area contributed by atoms with Crippen LogP contribution in [0.3, 0.4) is 0 Å². The first-order chi connectivity index (χ1) is 14.8. The van der Waals surface area contributed by atoms with E-state index >= 15 is 0 Å². The summed E-state index contributed by atoms with van der Waals surface area (Å²) in [6.07, 6.45) is -5.54. The molecule has 0 saturated heterocycles. The van der Waals surface area contributed by atoms with Crippen LogP contribution >= 0.6 is 0 Å². The molecule has 0 aromatic heterocycles. The molecule has 2 aromatic rings. The van der Waals surface area contributed by atoms with E-state index in [1.807, 2.05) is 6.92 Å². The van der Waals surface area contributed by atoms with Crippen molar-refractivity contribution in [1.82, 2.24) is 0 Å².